The molecule has 2 heterocycles. The first-order valence-corrected chi connectivity index (χ1v) is 10.7. The lowest BCUT2D eigenvalue weighted by Gasteiger charge is -2.27. The summed E-state index contributed by atoms with van der Waals surface area (Å²) in [7, 11) is 1.75. The van der Waals surface area contributed by atoms with E-state index in [1.165, 1.54) is 11.0 Å². The van der Waals surface area contributed by atoms with Crippen molar-refractivity contribution < 1.29 is 14.3 Å². The highest BCUT2D eigenvalue weighted by Crippen LogP contribution is 2.35. The van der Waals surface area contributed by atoms with E-state index < -0.39 is 11.8 Å². The number of amides is 2. The van der Waals surface area contributed by atoms with Crippen LogP contribution in [-0.2, 0) is 16.6 Å². The Balaban J connectivity index is 1.86. The second-order valence-electron chi connectivity index (χ2n) is 7.49. The summed E-state index contributed by atoms with van der Waals surface area (Å²) >= 11 is 5.15. The summed E-state index contributed by atoms with van der Waals surface area (Å²) < 4.78 is 7.75. The molecule has 1 fully saturated rings. The van der Waals surface area contributed by atoms with Gasteiger partial charge in [-0.1, -0.05) is 54.1 Å². The number of aromatic nitrogens is 2. The SMILES string of the molecule is C=CCN1C(=O)C(=Cc2c(-c3ccccc3)nn(C)c2Oc2ccc(C)cc2)C(=O)NC1=S. The molecular weight excluding hydrogens is 436 g/mol. The summed E-state index contributed by atoms with van der Waals surface area (Å²) in [6.07, 6.45) is 3.05. The molecule has 7 nitrogen and oxygen atoms in total. The van der Waals surface area contributed by atoms with Crippen LogP contribution in [0.5, 0.6) is 11.6 Å². The maximum atomic E-state index is 13.1. The Labute approximate surface area is 197 Å². The van der Waals surface area contributed by atoms with Gasteiger partial charge < -0.3 is 4.74 Å². The van der Waals surface area contributed by atoms with E-state index in [4.69, 9.17) is 17.0 Å². The molecule has 1 aliphatic heterocycles. The van der Waals surface area contributed by atoms with Crippen molar-refractivity contribution in [3.05, 3.63) is 84.0 Å². The molecule has 0 bridgehead atoms. The lowest BCUT2D eigenvalue weighted by atomic mass is 10.0. The van der Waals surface area contributed by atoms with Gasteiger partial charge >= 0.3 is 0 Å². The van der Waals surface area contributed by atoms with Crippen LogP contribution in [0.2, 0.25) is 0 Å². The van der Waals surface area contributed by atoms with Crippen LogP contribution in [0.15, 0.2) is 72.8 Å². The standard InChI is InChI=1S/C25H22N4O3S/c1-4-14-29-23(31)20(22(30)26-25(29)33)15-19-21(17-8-6-5-7-9-17)27-28(3)24(19)32-18-12-10-16(2)11-13-18/h4-13,15H,1,14H2,2-3H3,(H,26,30,33). The second kappa shape index (κ2) is 9.22. The van der Waals surface area contributed by atoms with E-state index in [0.29, 0.717) is 22.9 Å². The number of nitrogens with one attached hydrogen (secondary N) is 1. The van der Waals surface area contributed by atoms with Crippen LogP contribution < -0.4 is 10.1 Å². The van der Waals surface area contributed by atoms with Crippen LogP contribution in [0.1, 0.15) is 11.1 Å². The number of aryl methyl sites for hydroxylation is 2. The number of carbonyl (C=O) groups is 2. The highest BCUT2D eigenvalue weighted by molar-refractivity contribution is 7.80. The number of hydrogen-bond acceptors (Lipinski definition) is 5. The quantitative estimate of drug-likeness (QED) is 0.262. The fourth-order valence-corrected chi connectivity index (χ4v) is 3.69. The van der Waals surface area contributed by atoms with E-state index in [1.807, 2.05) is 61.5 Å². The minimum Gasteiger partial charge on any atom is -0.439 e. The Morgan fingerprint density at radius 1 is 1.12 bits per heavy atom. The Morgan fingerprint density at radius 2 is 1.82 bits per heavy atom. The van der Waals surface area contributed by atoms with Crippen molar-refractivity contribution in [3.63, 3.8) is 0 Å². The van der Waals surface area contributed by atoms with E-state index in [2.05, 4.69) is 17.0 Å². The van der Waals surface area contributed by atoms with Gasteiger partial charge in [-0.2, -0.15) is 5.10 Å². The first-order chi connectivity index (χ1) is 15.9. The lowest BCUT2D eigenvalue weighted by molar-refractivity contribution is -0.128. The molecule has 33 heavy (non-hydrogen) atoms. The average molecular weight is 459 g/mol. The summed E-state index contributed by atoms with van der Waals surface area (Å²) in [5.74, 6) is -0.0757. The van der Waals surface area contributed by atoms with E-state index >= 15 is 0 Å². The number of carbonyl (C=O) groups excluding carboxylic acids is 2. The van der Waals surface area contributed by atoms with Crippen molar-refractivity contribution in [1.82, 2.24) is 20.0 Å². The summed E-state index contributed by atoms with van der Waals surface area (Å²) in [5.41, 5.74) is 2.94. The van der Waals surface area contributed by atoms with Gasteiger partial charge in [-0.3, -0.25) is 19.8 Å². The largest absolute Gasteiger partial charge is 0.439 e. The zero-order valence-corrected chi connectivity index (χ0v) is 19.1. The number of hydrogen-bond donors (Lipinski definition) is 1. The molecule has 1 aliphatic rings. The molecule has 4 rings (SSSR count). The van der Waals surface area contributed by atoms with Crippen LogP contribution in [-0.4, -0.2) is 38.2 Å². The van der Waals surface area contributed by atoms with E-state index in [0.717, 1.165) is 11.1 Å². The Bertz CT molecular complexity index is 1280. The molecule has 1 N–H and O–H groups in total. The normalized spacial score (nSPS) is 15.0. The van der Waals surface area contributed by atoms with Gasteiger partial charge in [0, 0.05) is 19.2 Å². The molecule has 3 aromatic rings. The Kier molecular flexibility index (Phi) is 6.19. The van der Waals surface area contributed by atoms with Gasteiger partial charge in [-0.05, 0) is 37.4 Å². The monoisotopic (exact) mass is 458 g/mol. The zero-order chi connectivity index (χ0) is 23.5. The number of thiocarbonyl (C=S) groups is 1. The molecule has 0 atom stereocenters. The highest BCUT2D eigenvalue weighted by Gasteiger charge is 2.34. The third kappa shape index (κ3) is 4.47. The maximum absolute atomic E-state index is 13.1. The molecule has 166 valence electrons. The molecule has 1 saturated heterocycles. The van der Waals surface area contributed by atoms with Crippen molar-refractivity contribution in [2.45, 2.75) is 6.92 Å². The van der Waals surface area contributed by atoms with Gasteiger partial charge in [0.2, 0.25) is 5.88 Å². The molecule has 0 radical (unpaired) electrons. The smallest absolute Gasteiger partial charge is 0.265 e. The zero-order valence-electron chi connectivity index (χ0n) is 18.2. The minimum absolute atomic E-state index is 0.0487. The van der Waals surface area contributed by atoms with Crippen LogP contribution in [0.3, 0.4) is 0 Å². The minimum atomic E-state index is -0.575. The van der Waals surface area contributed by atoms with Crippen LogP contribution in [0, 0.1) is 6.92 Å². The molecule has 1 aromatic heterocycles. The van der Waals surface area contributed by atoms with Crippen LogP contribution >= 0.6 is 12.2 Å². The van der Waals surface area contributed by atoms with Crippen molar-refractivity contribution in [3.8, 4) is 22.9 Å². The van der Waals surface area contributed by atoms with Gasteiger partial charge in [0.15, 0.2) is 5.11 Å². The molecule has 0 saturated carbocycles. The summed E-state index contributed by atoms with van der Waals surface area (Å²) in [4.78, 5) is 27.1. The van der Waals surface area contributed by atoms with Gasteiger partial charge in [0.25, 0.3) is 11.8 Å². The maximum Gasteiger partial charge on any atom is 0.265 e. The van der Waals surface area contributed by atoms with Crippen LogP contribution in [0.4, 0.5) is 0 Å². The molecular formula is C25H22N4O3S. The molecule has 8 heteroatoms. The molecule has 0 unspecified atom stereocenters. The van der Waals surface area contributed by atoms with Gasteiger partial charge in [0.05, 0.1) is 5.56 Å². The predicted octanol–water partition coefficient (Wildman–Crippen LogP) is 4.00. The fraction of sp³-hybridized carbons (Fsp3) is 0.120. The predicted molar refractivity (Wildman–Crippen MR) is 131 cm³/mol. The third-order valence-electron chi connectivity index (χ3n) is 5.10. The molecule has 0 spiro atoms. The van der Waals surface area contributed by atoms with E-state index in [1.54, 1.807) is 17.8 Å². The Hall–Kier alpha value is -4.04. The van der Waals surface area contributed by atoms with Crippen molar-refractivity contribution in [2.75, 3.05) is 6.54 Å². The molecule has 2 amide bonds. The molecule has 2 aromatic carbocycles. The fourth-order valence-electron chi connectivity index (χ4n) is 3.44. The summed E-state index contributed by atoms with van der Waals surface area (Å²) in [6, 6.07) is 17.1. The number of benzene rings is 2. The van der Waals surface area contributed by atoms with E-state index in [9.17, 15) is 9.59 Å². The molecule has 0 aliphatic carbocycles. The topological polar surface area (TPSA) is 76.5 Å². The number of nitrogens with zero attached hydrogens (tertiary/aromatic N) is 3. The number of ether oxygens (including phenoxy) is 1. The highest BCUT2D eigenvalue weighted by atomic mass is 32.1. The average Bonchev–Trinajstić information content (AvgIpc) is 3.11. The van der Waals surface area contributed by atoms with Gasteiger partial charge in [-0.25, -0.2) is 4.68 Å². The van der Waals surface area contributed by atoms with Gasteiger partial charge in [0.1, 0.15) is 17.0 Å². The summed E-state index contributed by atoms with van der Waals surface area (Å²) in [5, 5.41) is 7.25. The van der Waals surface area contributed by atoms with E-state index in [-0.39, 0.29) is 17.2 Å². The van der Waals surface area contributed by atoms with Crippen molar-refractivity contribution >= 4 is 35.2 Å². The summed E-state index contributed by atoms with van der Waals surface area (Å²) in [6.45, 7) is 5.83. The first-order valence-electron chi connectivity index (χ1n) is 10.3. The van der Waals surface area contributed by atoms with Crippen LogP contribution in [0.25, 0.3) is 17.3 Å². The second-order valence-corrected chi connectivity index (χ2v) is 7.88. The lowest BCUT2D eigenvalue weighted by Crippen LogP contribution is -2.53. The first kappa shape index (κ1) is 22.2. The Morgan fingerprint density at radius 3 is 2.48 bits per heavy atom. The van der Waals surface area contributed by atoms with Gasteiger partial charge in [-0.15, -0.1) is 6.58 Å². The third-order valence-corrected chi connectivity index (χ3v) is 5.42. The van der Waals surface area contributed by atoms with Crippen molar-refractivity contribution in [2.24, 2.45) is 7.05 Å². The number of rotatable bonds is 6. The van der Waals surface area contributed by atoms with Crippen molar-refractivity contribution in [1.29, 1.82) is 0 Å².